The first-order valence-corrected chi connectivity index (χ1v) is 7.35. The van der Waals surface area contributed by atoms with Crippen molar-refractivity contribution in [2.24, 2.45) is 0 Å². The predicted octanol–water partition coefficient (Wildman–Crippen LogP) is 3.01. The molecule has 0 saturated carbocycles. The highest BCUT2D eigenvalue weighted by atomic mass is 32.1. The topological polar surface area (TPSA) is 80.9 Å². The fourth-order valence-corrected chi connectivity index (χ4v) is 3.09. The number of carbonyl (C=O) groups is 1. The van der Waals surface area contributed by atoms with E-state index in [1.165, 1.54) is 11.3 Å². The quantitative estimate of drug-likeness (QED) is 0.804. The first kappa shape index (κ1) is 13.7. The predicted molar refractivity (Wildman–Crippen MR) is 80.3 cm³/mol. The molecule has 0 aliphatic heterocycles. The molecule has 108 valence electrons. The standard InChI is InChI=1S/C14H14N4O2S/c1-7(2)12-9-6-10(14(19)20)21-13(9)18(17-12)11-5-4-8(3)15-16-11/h4-7H,1-3H3,(H,19,20). The monoisotopic (exact) mass is 302 g/mol. The fraction of sp³-hybridized carbons (Fsp3) is 0.286. The number of thiophene rings is 1. The van der Waals surface area contributed by atoms with Gasteiger partial charge < -0.3 is 5.11 Å². The van der Waals surface area contributed by atoms with Crippen LogP contribution in [0.25, 0.3) is 16.0 Å². The lowest BCUT2D eigenvalue weighted by atomic mass is 10.1. The van der Waals surface area contributed by atoms with Gasteiger partial charge in [0.05, 0.1) is 11.4 Å². The van der Waals surface area contributed by atoms with Crippen molar-refractivity contribution in [1.29, 1.82) is 0 Å². The van der Waals surface area contributed by atoms with Crippen LogP contribution in [-0.2, 0) is 0 Å². The number of aromatic carboxylic acids is 1. The first-order valence-electron chi connectivity index (χ1n) is 6.54. The zero-order valence-electron chi connectivity index (χ0n) is 11.9. The molecule has 0 atom stereocenters. The second-order valence-corrected chi connectivity index (χ2v) is 6.15. The summed E-state index contributed by atoms with van der Waals surface area (Å²) in [6.45, 7) is 5.93. The number of carboxylic acids is 1. The number of hydrogen-bond acceptors (Lipinski definition) is 5. The lowest BCUT2D eigenvalue weighted by molar-refractivity contribution is 0.0702. The van der Waals surface area contributed by atoms with Crippen molar-refractivity contribution in [3.8, 4) is 5.82 Å². The molecule has 0 spiro atoms. The molecular weight excluding hydrogens is 288 g/mol. The van der Waals surface area contributed by atoms with Gasteiger partial charge in [0.1, 0.15) is 9.71 Å². The van der Waals surface area contributed by atoms with Crippen LogP contribution >= 0.6 is 11.3 Å². The van der Waals surface area contributed by atoms with E-state index in [1.54, 1.807) is 10.7 Å². The molecule has 6 nitrogen and oxygen atoms in total. The van der Waals surface area contributed by atoms with Crippen LogP contribution in [0.1, 0.15) is 40.8 Å². The molecule has 0 radical (unpaired) electrons. The third kappa shape index (κ3) is 2.29. The lowest BCUT2D eigenvalue weighted by Crippen LogP contribution is -2.02. The number of aryl methyl sites for hydroxylation is 1. The van der Waals surface area contributed by atoms with Crippen LogP contribution in [0.4, 0.5) is 0 Å². The molecule has 0 aliphatic carbocycles. The average molecular weight is 302 g/mol. The smallest absolute Gasteiger partial charge is 0.345 e. The largest absolute Gasteiger partial charge is 0.477 e. The van der Waals surface area contributed by atoms with Crippen molar-refractivity contribution < 1.29 is 9.90 Å². The van der Waals surface area contributed by atoms with E-state index >= 15 is 0 Å². The van der Waals surface area contributed by atoms with Gasteiger partial charge in [-0.1, -0.05) is 13.8 Å². The summed E-state index contributed by atoms with van der Waals surface area (Å²) in [5.74, 6) is -0.132. The van der Waals surface area contributed by atoms with E-state index in [0.29, 0.717) is 10.7 Å². The van der Waals surface area contributed by atoms with Crippen molar-refractivity contribution in [2.75, 3.05) is 0 Å². The molecular formula is C14H14N4O2S. The Balaban J connectivity index is 2.26. The number of fused-ring (bicyclic) bond motifs is 1. The minimum atomic E-state index is -0.924. The Bertz CT molecular complexity index is 817. The average Bonchev–Trinajstić information content (AvgIpc) is 2.98. The second-order valence-electron chi connectivity index (χ2n) is 5.12. The minimum absolute atomic E-state index is 0.198. The highest BCUT2D eigenvalue weighted by Gasteiger charge is 2.20. The van der Waals surface area contributed by atoms with Crippen molar-refractivity contribution in [3.05, 3.63) is 34.5 Å². The number of nitrogens with zero attached hydrogens (tertiary/aromatic N) is 4. The molecule has 0 unspecified atom stereocenters. The summed E-state index contributed by atoms with van der Waals surface area (Å²) in [5, 5.41) is 22.8. The van der Waals surface area contributed by atoms with Gasteiger partial charge in [-0.2, -0.15) is 10.2 Å². The Hall–Kier alpha value is -2.28. The maximum Gasteiger partial charge on any atom is 0.345 e. The van der Waals surface area contributed by atoms with E-state index in [9.17, 15) is 9.90 Å². The third-order valence-corrected chi connectivity index (χ3v) is 4.25. The molecule has 0 aliphatic rings. The van der Waals surface area contributed by atoms with E-state index in [4.69, 9.17) is 0 Å². The van der Waals surface area contributed by atoms with Crippen LogP contribution in [-0.4, -0.2) is 31.1 Å². The fourth-order valence-electron chi connectivity index (χ4n) is 2.12. The minimum Gasteiger partial charge on any atom is -0.477 e. The van der Waals surface area contributed by atoms with Crippen LogP contribution in [0.15, 0.2) is 18.2 Å². The van der Waals surface area contributed by atoms with E-state index in [0.717, 1.165) is 21.6 Å². The van der Waals surface area contributed by atoms with E-state index in [2.05, 4.69) is 15.3 Å². The zero-order valence-corrected chi connectivity index (χ0v) is 12.7. The molecule has 7 heteroatoms. The van der Waals surface area contributed by atoms with Crippen LogP contribution < -0.4 is 0 Å². The van der Waals surface area contributed by atoms with Crippen molar-refractivity contribution >= 4 is 27.5 Å². The first-order chi connectivity index (χ1) is 9.97. The van der Waals surface area contributed by atoms with E-state index < -0.39 is 5.97 Å². The molecule has 0 amide bonds. The van der Waals surface area contributed by atoms with Crippen molar-refractivity contribution in [1.82, 2.24) is 20.0 Å². The lowest BCUT2D eigenvalue weighted by Gasteiger charge is -2.01. The molecule has 0 fully saturated rings. The molecule has 3 aromatic heterocycles. The van der Waals surface area contributed by atoms with Gasteiger partial charge >= 0.3 is 5.97 Å². The highest BCUT2D eigenvalue weighted by molar-refractivity contribution is 7.20. The van der Waals surface area contributed by atoms with Crippen LogP contribution in [0.2, 0.25) is 0 Å². The van der Waals surface area contributed by atoms with Crippen LogP contribution in [0.5, 0.6) is 0 Å². The SMILES string of the molecule is Cc1ccc(-n2nc(C(C)C)c3cc(C(=O)O)sc32)nn1. The summed E-state index contributed by atoms with van der Waals surface area (Å²) in [6, 6.07) is 5.37. The van der Waals surface area contributed by atoms with Gasteiger partial charge in [0.25, 0.3) is 0 Å². The maximum absolute atomic E-state index is 11.2. The number of rotatable bonds is 3. The molecule has 0 bridgehead atoms. The molecule has 21 heavy (non-hydrogen) atoms. The van der Waals surface area contributed by atoms with E-state index in [1.807, 2.05) is 32.9 Å². The Morgan fingerprint density at radius 2 is 2.10 bits per heavy atom. The van der Waals surface area contributed by atoms with Crippen molar-refractivity contribution in [2.45, 2.75) is 26.7 Å². The molecule has 3 aromatic rings. The number of hydrogen-bond donors (Lipinski definition) is 1. The highest BCUT2D eigenvalue weighted by Crippen LogP contribution is 2.33. The van der Waals surface area contributed by atoms with Gasteiger partial charge in [-0.05, 0) is 31.0 Å². The molecule has 3 heterocycles. The van der Waals surface area contributed by atoms with Gasteiger partial charge in [0.15, 0.2) is 5.82 Å². The van der Waals surface area contributed by atoms with Gasteiger partial charge in [-0.25, -0.2) is 9.48 Å². The van der Waals surface area contributed by atoms with Crippen LogP contribution in [0.3, 0.4) is 0 Å². The Morgan fingerprint density at radius 1 is 1.33 bits per heavy atom. The molecule has 0 aromatic carbocycles. The number of aromatic nitrogens is 4. The zero-order chi connectivity index (χ0) is 15.1. The molecule has 1 N–H and O–H groups in total. The molecule has 0 saturated heterocycles. The normalized spacial score (nSPS) is 11.4. The summed E-state index contributed by atoms with van der Waals surface area (Å²) in [6.07, 6.45) is 0. The summed E-state index contributed by atoms with van der Waals surface area (Å²) < 4.78 is 1.67. The maximum atomic E-state index is 11.2. The van der Waals surface area contributed by atoms with Gasteiger partial charge in [0.2, 0.25) is 0 Å². The van der Waals surface area contributed by atoms with Crippen molar-refractivity contribution in [3.63, 3.8) is 0 Å². The summed E-state index contributed by atoms with van der Waals surface area (Å²) in [7, 11) is 0. The number of carboxylic acid groups (broad SMARTS) is 1. The van der Waals surface area contributed by atoms with Gasteiger partial charge in [0, 0.05) is 5.39 Å². The third-order valence-electron chi connectivity index (χ3n) is 3.15. The molecule has 3 rings (SSSR count). The van der Waals surface area contributed by atoms with E-state index in [-0.39, 0.29) is 5.92 Å². The summed E-state index contributed by atoms with van der Waals surface area (Å²) in [5.41, 5.74) is 1.69. The summed E-state index contributed by atoms with van der Waals surface area (Å²) >= 11 is 1.20. The Labute approximate surface area is 125 Å². The van der Waals surface area contributed by atoms with Crippen LogP contribution in [0, 0.1) is 6.92 Å². The van der Waals surface area contributed by atoms with Gasteiger partial charge in [-0.3, -0.25) is 0 Å². The Morgan fingerprint density at radius 3 is 2.67 bits per heavy atom. The Kier molecular flexibility index (Phi) is 3.21. The second kappa shape index (κ2) is 4.92. The summed E-state index contributed by atoms with van der Waals surface area (Å²) in [4.78, 5) is 12.3. The van der Waals surface area contributed by atoms with Gasteiger partial charge in [-0.15, -0.1) is 16.4 Å².